The Morgan fingerprint density at radius 1 is 1.21 bits per heavy atom. The SMILES string of the molecule is NC(=O)c1nc(-c2ncc([N+](=O)[O-])[nH]2)[nH]c1C(N)=O. The Balaban J connectivity index is 2.50. The minimum Gasteiger partial charge on any atom is -0.364 e. The molecule has 0 saturated heterocycles. The highest BCUT2D eigenvalue weighted by Gasteiger charge is 2.23. The molecule has 11 heteroatoms. The van der Waals surface area contributed by atoms with Crippen molar-refractivity contribution in [2.24, 2.45) is 11.5 Å². The molecular weight excluding hydrogens is 258 g/mol. The molecule has 0 unspecified atom stereocenters. The van der Waals surface area contributed by atoms with E-state index in [9.17, 15) is 19.7 Å². The number of nitrogens with one attached hydrogen (secondary N) is 2. The molecule has 19 heavy (non-hydrogen) atoms. The van der Waals surface area contributed by atoms with Gasteiger partial charge in [-0.3, -0.25) is 9.59 Å². The number of hydrogen-bond acceptors (Lipinski definition) is 6. The molecule has 0 aliphatic rings. The number of aromatic amines is 2. The summed E-state index contributed by atoms with van der Waals surface area (Å²) in [6.45, 7) is 0. The summed E-state index contributed by atoms with van der Waals surface area (Å²) in [6.07, 6.45) is 0.964. The van der Waals surface area contributed by atoms with Crippen molar-refractivity contribution in [2.45, 2.75) is 0 Å². The number of nitrogens with zero attached hydrogens (tertiary/aromatic N) is 3. The van der Waals surface area contributed by atoms with E-state index in [1.54, 1.807) is 0 Å². The van der Waals surface area contributed by atoms with E-state index in [1.165, 1.54) is 0 Å². The highest BCUT2D eigenvalue weighted by Crippen LogP contribution is 2.17. The number of hydrogen-bond donors (Lipinski definition) is 4. The van der Waals surface area contributed by atoms with Crippen LogP contribution in [0.5, 0.6) is 0 Å². The molecule has 0 aromatic carbocycles. The average Bonchev–Trinajstić information content (AvgIpc) is 2.95. The van der Waals surface area contributed by atoms with Crippen molar-refractivity contribution >= 4 is 17.6 Å². The standard InChI is InChI=1S/C8H7N7O4/c9-5(16)3-4(6(10)17)14-8(13-3)7-11-1-2(12-7)15(18)19/h1H,(H2,9,16)(H2,10,17)(H,11,12)(H,13,14). The molecule has 0 fully saturated rings. The van der Waals surface area contributed by atoms with E-state index in [2.05, 4.69) is 19.9 Å². The molecule has 0 aliphatic heterocycles. The van der Waals surface area contributed by atoms with Crippen LogP contribution >= 0.6 is 0 Å². The van der Waals surface area contributed by atoms with E-state index < -0.39 is 16.7 Å². The molecule has 0 atom stereocenters. The summed E-state index contributed by atoms with van der Waals surface area (Å²) in [6, 6.07) is 0. The van der Waals surface area contributed by atoms with Crippen LogP contribution in [0.1, 0.15) is 21.0 Å². The van der Waals surface area contributed by atoms with Crippen LogP contribution in [0.15, 0.2) is 6.20 Å². The quantitative estimate of drug-likeness (QED) is 0.401. The van der Waals surface area contributed by atoms with E-state index >= 15 is 0 Å². The Bertz CT molecular complexity index is 654. The van der Waals surface area contributed by atoms with Crippen molar-refractivity contribution in [1.29, 1.82) is 0 Å². The Morgan fingerprint density at radius 2 is 1.89 bits per heavy atom. The number of carbonyl (C=O) groups excluding carboxylic acids is 2. The van der Waals surface area contributed by atoms with Gasteiger partial charge in [0.2, 0.25) is 0 Å². The Labute approximate surface area is 104 Å². The van der Waals surface area contributed by atoms with E-state index in [1.807, 2.05) is 0 Å². The van der Waals surface area contributed by atoms with Gasteiger partial charge in [0, 0.05) is 0 Å². The molecular formula is C8H7N7O4. The number of primary amides is 2. The van der Waals surface area contributed by atoms with Gasteiger partial charge in [0.15, 0.2) is 11.5 Å². The second-order valence-electron chi connectivity index (χ2n) is 3.41. The van der Waals surface area contributed by atoms with Crippen LogP contribution in [0.25, 0.3) is 11.6 Å². The lowest BCUT2D eigenvalue weighted by Crippen LogP contribution is -2.20. The number of aromatic nitrogens is 4. The molecule has 2 rings (SSSR count). The molecule has 11 nitrogen and oxygen atoms in total. The van der Waals surface area contributed by atoms with Crippen molar-refractivity contribution in [3.05, 3.63) is 27.7 Å². The zero-order chi connectivity index (χ0) is 14.2. The van der Waals surface area contributed by atoms with E-state index in [0.717, 1.165) is 6.20 Å². The summed E-state index contributed by atoms with van der Waals surface area (Å²) in [4.78, 5) is 44.1. The van der Waals surface area contributed by atoms with Gasteiger partial charge in [0.1, 0.15) is 11.9 Å². The van der Waals surface area contributed by atoms with Crippen LogP contribution in [-0.2, 0) is 0 Å². The lowest BCUT2D eigenvalue weighted by Gasteiger charge is -1.90. The van der Waals surface area contributed by atoms with Gasteiger partial charge in [0.25, 0.3) is 17.6 Å². The average molecular weight is 265 g/mol. The van der Waals surface area contributed by atoms with Crippen LogP contribution in [0.3, 0.4) is 0 Å². The van der Waals surface area contributed by atoms with Gasteiger partial charge in [0.05, 0.1) is 0 Å². The maximum Gasteiger partial charge on any atom is 0.341 e. The minimum atomic E-state index is -0.961. The van der Waals surface area contributed by atoms with Crippen molar-refractivity contribution in [3.63, 3.8) is 0 Å². The van der Waals surface area contributed by atoms with Crippen LogP contribution in [0.2, 0.25) is 0 Å². The van der Waals surface area contributed by atoms with Crippen molar-refractivity contribution in [3.8, 4) is 11.6 Å². The molecule has 0 spiro atoms. The zero-order valence-electron chi connectivity index (χ0n) is 9.21. The van der Waals surface area contributed by atoms with Crippen LogP contribution in [0, 0.1) is 10.1 Å². The highest BCUT2D eigenvalue weighted by atomic mass is 16.6. The van der Waals surface area contributed by atoms with E-state index in [0.29, 0.717) is 0 Å². The fraction of sp³-hybridized carbons (Fsp3) is 0. The molecule has 2 heterocycles. The molecule has 6 N–H and O–H groups in total. The van der Waals surface area contributed by atoms with Gasteiger partial charge in [-0.05, 0) is 4.92 Å². The maximum absolute atomic E-state index is 11.1. The Morgan fingerprint density at radius 3 is 2.32 bits per heavy atom. The summed E-state index contributed by atoms with van der Waals surface area (Å²) < 4.78 is 0. The second-order valence-corrected chi connectivity index (χ2v) is 3.41. The molecule has 2 amide bonds. The first-order valence-electron chi connectivity index (χ1n) is 4.79. The predicted octanol–water partition coefficient (Wildman–Crippen LogP) is -1.09. The summed E-state index contributed by atoms with van der Waals surface area (Å²) in [5.41, 5.74) is 9.42. The zero-order valence-corrected chi connectivity index (χ0v) is 9.21. The normalized spacial score (nSPS) is 10.3. The number of H-pyrrole nitrogens is 2. The number of nitrogens with two attached hydrogens (primary N) is 2. The van der Waals surface area contributed by atoms with E-state index in [-0.39, 0.29) is 28.9 Å². The van der Waals surface area contributed by atoms with Crippen molar-refractivity contribution < 1.29 is 14.5 Å². The molecule has 98 valence electrons. The molecule has 2 aromatic heterocycles. The van der Waals surface area contributed by atoms with Crippen LogP contribution < -0.4 is 11.5 Å². The molecule has 0 aliphatic carbocycles. The summed E-state index contributed by atoms with van der Waals surface area (Å²) >= 11 is 0. The number of imidazole rings is 2. The van der Waals surface area contributed by atoms with Gasteiger partial charge in [-0.2, -0.15) is 0 Å². The summed E-state index contributed by atoms with van der Waals surface area (Å²) in [7, 11) is 0. The summed E-state index contributed by atoms with van der Waals surface area (Å²) in [5, 5.41) is 10.5. The monoisotopic (exact) mass is 265 g/mol. The maximum atomic E-state index is 11.1. The van der Waals surface area contributed by atoms with Gasteiger partial charge in [-0.25, -0.2) is 15.0 Å². The van der Waals surface area contributed by atoms with Crippen LogP contribution in [0.4, 0.5) is 5.82 Å². The highest BCUT2D eigenvalue weighted by molar-refractivity contribution is 6.04. The third-order valence-corrected chi connectivity index (χ3v) is 2.17. The first kappa shape index (κ1) is 12.2. The summed E-state index contributed by atoms with van der Waals surface area (Å²) in [5.74, 6) is -2.35. The fourth-order valence-corrected chi connectivity index (χ4v) is 1.37. The Hall–Kier alpha value is -3.24. The molecule has 2 aromatic rings. The molecule has 0 bridgehead atoms. The number of amides is 2. The smallest absolute Gasteiger partial charge is 0.341 e. The first-order chi connectivity index (χ1) is 8.90. The van der Waals surface area contributed by atoms with Crippen molar-refractivity contribution in [2.75, 3.05) is 0 Å². The minimum absolute atomic E-state index is 0.0262. The Kier molecular flexibility index (Phi) is 2.71. The topological polar surface area (TPSA) is 187 Å². The van der Waals surface area contributed by atoms with Gasteiger partial charge in [-0.15, -0.1) is 0 Å². The number of carbonyl (C=O) groups is 2. The van der Waals surface area contributed by atoms with Crippen LogP contribution in [-0.4, -0.2) is 36.7 Å². The third kappa shape index (κ3) is 2.11. The second kappa shape index (κ2) is 4.21. The lowest BCUT2D eigenvalue weighted by molar-refractivity contribution is -0.389. The van der Waals surface area contributed by atoms with Gasteiger partial charge < -0.3 is 26.6 Å². The predicted molar refractivity (Wildman–Crippen MR) is 59.9 cm³/mol. The molecule has 0 saturated carbocycles. The number of nitro groups is 1. The van der Waals surface area contributed by atoms with Gasteiger partial charge in [-0.1, -0.05) is 0 Å². The largest absolute Gasteiger partial charge is 0.364 e. The van der Waals surface area contributed by atoms with Gasteiger partial charge >= 0.3 is 5.82 Å². The fourth-order valence-electron chi connectivity index (χ4n) is 1.37. The first-order valence-corrected chi connectivity index (χ1v) is 4.79. The lowest BCUT2D eigenvalue weighted by atomic mass is 10.3. The molecule has 0 radical (unpaired) electrons. The van der Waals surface area contributed by atoms with Crippen molar-refractivity contribution in [1.82, 2.24) is 19.9 Å². The van der Waals surface area contributed by atoms with E-state index in [4.69, 9.17) is 11.5 Å². The third-order valence-electron chi connectivity index (χ3n) is 2.17. The number of rotatable bonds is 4.